The normalized spacial score (nSPS) is 12.1. The standard InChI is InChI=1S/C16H18N2O3/c1-12(15-7-2-3-8-16(15)18(20)21)17-10-13-5-4-6-14(9-13)11-19/h2-9,12,17,19H,10-11H2,1H3. The van der Waals surface area contributed by atoms with Crippen molar-refractivity contribution in [1.82, 2.24) is 5.32 Å². The van der Waals surface area contributed by atoms with E-state index in [0.29, 0.717) is 12.1 Å². The van der Waals surface area contributed by atoms with Gasteiger partial charge in [-0.1, -0.05) is 42.5 Å². The molecule has 0 aliphatic carbocycles. The first-order valence-electron chi connectivity index (χ1n) is 6.77. The van der Waals surface area contributed by atoms with Crippen LogP contribution in [0, 0.1) is 10.1 Å². The van der Waals surface area contributed by atoms with Gasteiger partial charge in [-0.25, -0.2) is 0 Å². The molecule has 2 N–H and O–H groups in total. The molecule has 5 heteroatoms. The molecule has 2 aromatic carbocycles. The van der Waals surface area contributed by atoms with Crippen LogP contribution in [0.5, 0.6) is 0 Å². The summed E-state index contributed by atoms with van der Waals surface area (Å²) < 4.78 is 0. The third-order valence-electron chi connectivity index (χ3n) is 3.39. The summed E-state index contributed by atoms with van der Waals surface area (Å²) in [4.78, 5) is 10.7. The van der Waals surface area contributed by atoms with Gasteiger partial charge >= 0.3 is 0 Å². The fourth-order valence-electron chi connectivity index (χ4n) is 2.24. The fraction of sp³-hybridized carbons (Fsp3) is 0.250. The Bertz CT molecular complexity index is 628. The van der Waals surface area contributed by atoms with E-state index in [9.17, 15) is 10.1 Å². The SMILES string of the molecule is CC(NCc1cccc(CO)c1)c1ccccc1[N+](=O)[O-]. The molecule has 0 saturated carbocycles. The van der Waals surface area contributed by atoms with E-state index in [0.717, 1.165) is 11.1 Å². The van der Waals surface area contributed by atoms with Gasteiger partial charge in [0, 0.05) is 24.2 Å². The molecular weight excluding hydrogens is 268 g/mol. The van der Waals surface area contributed by atoms with Crippen molar-refractivity contribution in [1.29, 1.82) is 0 Å². The van der Waals surface area contributed by atoms with Crippen molar-refractivity contribution in [2.75, 3.05) is 0 Å². The predicted molar refractivity (Wildman–Crippen MR) is 80.7 cm³/mol. The van der Waals surface area contributed by atoms with E-state index in [2.05, 4.69) is 5.32 Å². The Morgan fingerprint density at radius 2 is 1.90 bits per heavy atom. The summed E-state index contributed by atoms with van der Waals surface area (Å²) in [7, 11) is 0. The van der Waals surface area contributed by atoms with Crippen molar-refractivity contribution >= 4 is 5.69 Å². The molecule has 1 atom stereocenters. The smallest absolute Gasteiger partial charge is 0.274 e. The molecule has 0 fully saturated rings. The molecule has 0 aliphatic heterocycles. The van der Waals surface area contributed by atoms with Gasteiger partial charge in [0.15, 0.2) is 0 Å². The monoisotopic (exact) mass is 286 g/mol. The van der Waals surface area contributed by atoms with Crippen LogP contribution in [-0.2, 0) is 13.2 Å². The minimum atomic E-state index is -0.361. The number of hydrogen-bond acceptors (Lipinski definition) is 4. The molecule has 0 aromatic heterocycles. The number of aliphatic hydroxyl groups is 1. The number of para-hydroxylation sites is 1. The highest BCUT2D eigenvalue weighted by atomic mass is 16.6. The lowest BCUT2D eigenvalue weighted by molar-refractivity contribution is -0.385. The summed E-state index contributed by atoms with van der Waals surface area (Å²) in [6.07, 6.45) is 0. The lowest BCUT2D eigenvalue weighted by Crippen LogP contribution is -2.19. The highest BCUT2D eigenvalue weighted by Crippen LogP contribution is 2.24. The summed E-state index contributed by atoms with van der Waals surface area (Å²) in [6.45, 7) is 2.49. The quantitative estimate of drug-likeness (QED) is 0.632. The Labute approximate surface area is 123 Å². The summed E-state index contributed by atoms with van der Waals surface area (Å²) in [5.74, 6) is 0. The van der Waals surface area contributed by atoms with E-state index in [1.54, 1.807) is 18.2 Å². The number of rotatable bonds is 6. The highest BCUT2D eigenvalue weighted by Gasteiger charge is 2.17. The topological polar surface area (TPSA) is 75.4 Å². The molecule has 0 saturated heterocycles. The maximum Gasteiger partial charge on any atom is 0.274 e. The molecule has 0 heterocycles. The average Bonchev–Trinajstić information content (AvgIpc) is 2.52. The van der Waals surface area contributed by atoms with Gasteiger partial charge in [-0.3, -0.25) is 10.1 Å². The molecule has 2 aromatic rings. The van der Waals surface area contributed by atoms with Gasteiger partial charge in [-0.05, 0) is 18.1 Å². The number of nitrogens with one attached hydrogen (secondary N) is 1. The van der Waals surface area contributed by atoms with Crippen LogP contribution in [0.4, 0.5) is 5.69 Å². The van der Waals surface area contributed by atoms with Crippen LogP contribution in [0.3, 0.4) is 0 Å². The molecule has 1 unspecified atom stereocenters. The number of hydrogen-bond donors (Lipinski definition) is 2. The molecule has 0 spiro atoms. The Morgan fingerprint density at radius 3 is 2.62 bits per heavy atom. The largest absolute Gasteiger partial charge is 0.392 e. The van der Waals surface area contributed by atoms with Crippen molar-refractivity contribution < 1.29 is 10.0 Å². The number of nitrogens with zero attached hydrogens (tertiary/aromatic N) is 1. The van der Waals surface area contributed by atoms with E-state index in [1.807, 2.05) is 31.2 Å². The van der Waals surface area contributed by atoms with Gasteiger partial charge in [-0.15, -0.1) is 0 Å². The number of nitro groups is 1. The van der Waals surface area contributed by atoms with Crippen LogP contribution < -0.4 is 5.32 Å². The van der Waals surface area contributed by atoms with Crippen LogP contribution in [-0.4, -0.2) is 10.0 Å². The third kappa shape index (κ3) is 3.87. The zero-order valence-electron chi connectivity index (χ0n) is 11.8. The van der Waals surface area contributed by atoms with Crippen molar-refractivity contribution in [3.63, 3.8) is 0 Å². The minimum Gasteiger partial charge on any atom is -0.392 e. The predicted octanol–water partition coefficient (Wildman–Crippen LogP) is 2.94. The van der Waals surface area contributed by atoms with Gasteiger partial charge in [-0.2, -0.15) is 0 Å². The van der Waals surface area contributed by atoms with Gasteiger partial charge in [0.25, 0.3) is 5.69 Å². The van der Waals surface area contributed by atoms with Crippen LogP contribution in [0.25, 0.3) is 0 Å². The summed E-state index contributed by atoms with van der Waals surface area (Å²) in [5, 5.41) is 23.4. The Hall–Kier alpha value is -2.24. The summed E-state index contributed by atoms with van der Waals surface area (Å²) in [5.41, 5.74) is 2.68. The van der Waals surface area contributed by atoms with E-state index in [-0.39, 0.29) is 23.3 Å². The second kappa shape index (κ2) is 6.97. The zero-order valence-corrected chi connectivity index (χ0v) is 11.8. The highest BCUT2D eigenvalue weighted by molar-refractivity contribution is 5.41. The minimum absolute atomic E-state index is 0.00749. The first-order valence-corrected chi connectivity index (χ1v) is 6.77. The van der Waals surface area contributed by atoms with Crippen molar-refractivity contribution in [2.45, 2.75) is 26.1 Å². The first kappa shape index (κ1) is 15.2. The van der Waals surface area contributed by atoms with Crippen LogP contribution in [0.15, 0.2) is 48.5 Å². The maximum absolute atomic E-state index is 11.0. The average molecular weight is 286 g/mol. The first-order chi connectivity index (χ1) is 10.1. The third-order valence-corrected chi connectivity index (χ3v) is 3.39. The second-order valence-electron chi connectivity index (χ2n) is 4.90. The van der Waals surface area contributed by atoms with E-state index in [1.165, 1.54) is 6.07 Å². The maximum atomic E-state index is 11.0. The van der Waals surface area contributed by atoms with Crippen LogP contribution in [0.1, 0.15) is 29.7 Å². The Morgan fingerprint density at radius 1 is 1.19 bits per heavy atom. The van der Waals surface area contributed by atoms with E-state index < -0.39 is 0 Å². The molecule has 0 aliphatic rings. The number of aliphatic hydroxyl groups excluding tert-OH is 1. The van der Waals surface area contributed by atoms with E-state index in [4.69, 9.17) is 5.11 Å². The number of nitro benzene ring substituents is 1. The molecule has 2 rings (SSSR count). The van der Waals surface area contributed by atoms with Crippen LogP contribution >= 0.6 is 0 Å². The molecular formula is C16H18N2O3. The molecule has 0 radical (unpaired) electrons. The Balaban J connectivity index is 2.08. The molecule has 0 amide bonds. The van der Waals surface area contributed by atoms with Gasteiger partial charge < -0.3 is 10.4 Å². The molecule has 110 valence electrons. The van der Waals surface area contributed by atoms with Crippen molar-refractivity contribution in [3.05, 3.63) is 75.3 Å². The van der Waals surface area contributed by atoms with Gasteiger partial charge in [0.05, 0.1) is 11.5 Å². The van der Waals surface area contributed by atoms with Crippen LogP contribution in [0.2, 0.25) is 0 Å². The molecule has 5 nitrogen and oxygen atoms in total. The second-order valence-corrected chi connectivity index (χ2v) is 4.90. The fourth-order valence-corrected chi connectivity index (χ4v) is 2.24. The lowest BCUT2D eigenvalue weighted by atomic mass is 10.1. The van der Waals surface area contributed by atoms with E-state index >= 15 is 0 Å². The van der Waals surface area contributed by atoms with Gasteiger partial charge in [0.1, 0.15) is 0 Å². The number of benzene rings is 2. The summed E-state index contributed by atoms with van der Waals surface area (Å²) >= 11 is 0. The lowest BCUT2D eigenvalue weighted by Gasteiger charge is -2.14. The summed E-state index contributed by atoms with van der Waals surface area (Å²) in [6, 6.07) is 14.2. The molecule has 21 heavy (non-hydrogen) atoms. The van der Waals surface area contributed by atoms with Gasteiger partial charge in [0.2, 0.25) is 0 Å². The van der Waals surface area contributed by atoms with Crippen molar-refractivity contribution in [3.8, 4) is 0 Å². The Kier molecular flexibility index (Phi) is 5.03. The van der Waals surface area contributed by atoms with Crippen molar-refractivity contribution in [2.24, 2.45) is 0 Å². The zero-order chi connectivity index (χ0) is 15.2. The molecule has 0 bridgehead atoms.